The minimum absolute atomic E-state index is 0.135. The van der Waals surface area contributed by atoms with Gasteiger partial charge in [0.15, 0.2) is 5.78 Å². The van der Waals surface area contributed by atoms with Crippen molar-refractivity contribution >= 4 is 5.78 Å². The van der Waals surface area contributed by atoms with E-state index in [2.05, 4.69) is 4.74 Å². The summed E-state index contributed by atoms with van der Waals surface area (Å²) in [5.74, 6) is -0.351. The molecule has 0 heterocycles. The van der Waals surface area contributed by atoms with Gasteiger partial charge in [-0.25, -0.2) is 0 Å². The first-order chi connectivity index (χ1) is 15.2. The third-order valence-electron chi connectivity index (χ3n) is 4.78. The highest BCUT2D eigenvalue weighted by molar-refractivity contribution is 5.97. The van der Waals surface area contributed by atoms with Crippen LogP contribution in [0.25, 0.3) is 0 Å². The van der Waals surface area contributed by atoms with Crippen molar-refractivity contribution in [3.8, 4) is 11.5 Å². The lowest BCUT2D eigenvalue weighted by molar-refractivity contribution is -0.253. The van der Waals surface area contributed by atoms with Crippen LogP contribution in [0.5, 0.6) is 11.5 Å². The Bertz CT molecular complexity index is 1020. The van der Waals surface area contributed by atoms with Crippen LogP contribution in [0, 0.1) is 5.92 Å². The molecule has 0 amide bonds. The molecule has 168 valence electrons. The van der Waals surface area contributed by atoms with Gasteiger partial charge in [0.25, 0.3) is 0 Å². The number of ketones is 1. The summed E-state index contributed by atoms with van der Waals surface area (Å²) in [7, 11) is 0. The lowest BCUT2D eigenvalue weighted by Crippen LogP contribution is -2.33. The smallest absolute Gasteiger partial charge is 0.461 e. The summed E-state index contributed by atoms with van der Waals surface area (Å²) in [5.41, 5.74) is 2.04. The van der Waals surface area contributed by atoms with E-state index in [0.717, 1.165) is 5.56 Å². The zero-order valence-corrected chi connectivity index (χ0v) is 17.3. The molecule has 0 saturated heterocycles. The molecular weight excluding hydrogens is 424 g/mol. The van der Waals surface area contributed by atoms with Crippen LogP contribution in [0.2, 0.25) is 0 Å². The van der Waals surface area contributed by atoms with Gasteiger partial charge in [0.2, 0.25) is 0 Å². The molecular formula is C25H22F4O3. The van der Waals surface area contributed by atoms with E-state index in [9.17, 15) is 22.4 Å². The summed E-state index contributed by atoms with van der Waals surface area (Å²) in [4.78, 5) is 12.8. The second-order valence-electron chi connectivity index (χ2n) is 7.38. The Balaban J connectivity index is 1.59. The Hall–Kier alpha value is -3.35. The van der Waals surface area contributed by atoms with Crippen molar-refractivity contribution in [2.45, 2.75) is 32.5 Å². The Morgan fingerprint density at radius 2 is 1.53 bits per heavy atom. The molecule has 1 atom stereocenters. The fourth-order valence-corrected chi connectivity index (χ4v) is 3.12. The molecule has 0 aromatic heterocycles. The highest BCUT2D eigenvalue weighted by Gasteiger charge is 2.44. The van der Waals surface area contributed by atoms with E-state index in [1.165, 1.54) is 18.2 Å². The van der Waals surface area contributed by atoms with E-state index in [0.29, 0.717) is 23.5 Å². The molecule has 0 bridgehead atoms. The van der Waals surface area contributed by atoms with Gasteiger partial charge < -0.3 is 9.47 Å². The number of Topliss-reactive ketones (excluding diaryl/α,β-unsaturated/α-hetero) is 1. The van der Waals surface area contributed by atoms with Gasteiger partial charge in [-0.05, 0) is 53.9 Å². The summed E-state index contributed by atoms with van der Waals surface area (Å²) in [5, 5.41) is 0. The Kier molecular flexibility index (Phi) is 7.51. The van der Waals surface area contributed by atoms with Gasteiger partial charge in [-0.1, -0.05) is 49.4 Å². The van der Waals surface area contributed by atoms with Crippen molar-refractivity contribution in [3.05, 3.63) is 95.6 Å². The average molecular weight is 446 g/mol. The number of rotatable bonds is 10. The number of hydrogen-bond acceptors (Lipinski definition) is 3. The maximum absolute atomic E-state index is 13.1. The molecule has 0 aliphatic heterocycles. The molecule has 3 aromatic rings. The van der Waals surface area contributed by atoms with Crippen molar-refractivity contribution < 1.29 is 31.8 Å². The van der Waals surface area contributed by atoms with Gasteiger partial charge in [-0.2, -0.15) is 17.6 Å². The maximum atomic E-state index is 13.1. The van der Waals surface area contributed by atoms with Crippen LogP contribution in [0.3, 0.4) is 0 Å². The average Bonchev–Trinajstić information content (AvgIpc) is 2.78. The quantitative estimate of drug-likeness (QED) is 0.261. The minimum atomic E-state index is -4.58. The first-order valence-corrected chi connectivity index (χ1v) is 9.99. The second-order valence-corrected chi connectivity index (χ2v) is 7.38. The summed E-state index contributed by atoms with van der Waals surface area (Å²) in [6, 6.07) is 21.9. The number of ether oxygens (including phenoxy) is 2. The monoisotopic (exact) mass is 446 g/mol. The Morgan fingerprint density at radius 3 is 2.19 bits per heavy atom. The molecule has 32 heavy (non-hydrogen) atoms. The van der Waals surface area contributed by atoms with Gasteiger partial charge in [-0.15, -0.1) is 0 Å². The van der Waals surface area contributed by atoms with Gasteiger partial charge in [-0.3, -0.25) is 4.79 Å². The molecule has 3 aromatic carbocycles. The molecule has 1 unspecified atom stereocenters. The summed E-state index contributed by atoms with van der Waals surface area (Å²) >= 11 is 0. The largest absolute Gasteiger partial charge is 0.489 e. The molecule has 0 spiro atoms. The summed E-state index contributed by atoms with van der Waals surface area (Å²) < 4.78 is 60.8. The normalized spacial score (nSPS) is 12.4. The molecule has 0 N–H and O–H groups in total. The number of benzene rings is 3. The fourth-order valence-electron chi connectivity index (χ4n) is 3.12. The molecule has 3 nitrogen and oxygen atoms in total. The van der Waals surface area contributed by atoms with Crippen LogP contribution in [0.1, 0.15) is 28.4 Å². The molecule has 3 rings (SSSR count). The van der Waals surface area contributed by atoms with Crippen molar-refractivity contribution in [1.29, 1.82) is 0 Å². The van der Waals surface area contributed by atoms with Crippen LogP contribution in [0.4, 0.5) is 17.6 Å². The van der Waals surface area contributed by atoms with Gasteiger partial charge in [0.05, 0.1) is 0 Å². The van der Waals surface area contributed by atoms with Crippen LogP contribution < -0.4 is 9.47 Å². The summed E-state index contributed by atoms with van der Waals surface area (Å²) in [6.07, 6.45) is -8.28. The van der Waals surface area contributed by atoms with E-state index >= 15 is 0 Å². The number of halogens is 4. The van der Waals surface area contributed by atoms with Gasteiger partial charge in [0.1, 0.15) is 18.1 Å². The van der Waals surface area contributed by atoms with Crippen LogP contribution in [-0.2, 0) is 13.0 Å². The highest BCUT2D eigenvalue weighted by atomic mass is 19.3. The number of hydrogen-bond donors (Lipinski definition) is 0. The number of carbonyl (C=O) groups is 1. The topological polar surface area (TPSA) is 35.5 Å². The lowest BCUT2D eigenvalue weighted by Gasteiger charge is -2.17. The maximum Gasteiger partial charge on any atom is 0.461 e. The molecule has 0 saturated carbocycles. The van der Waals surface area contributed by atoms with Crippen LogP contribution in [-0.4, -0.2) is 18.3 Å². The van der Waals surface area contributed by atoms with E-state index in [-0.39, 0.29) is 18.0 Å². The second kappa shape index (κ2) is 10.3. The fraction of sp³-hybridized carbons (Fsp3) is 0.240. The third kappa shape index (κ3) is 6.33. The molecule has 0 radical (unpaired) electrons. The van der Waals surface area contributed by atoms with Gasteiger partial charge >= 0.3 is 12.5 Å². The van der Waals surface area contributed by atoms with E-state index in [1.54, 1.807) is 37.3 Å². The number of alkyl halides is 4. The van der Waals surface area contributed by atoms with Crippen molar-refractivity contribution in [3.63, 3.8) is 0 Å². The molecule has 7 heteroatoms. The minimum Gasteiger partial charge on any atom is -0.489 e. The predicted molar refractivity (Wildman–Crippen MR) is 112 cm³/mol. The Labute approximate surface area is 183 Å². The molecule has 0 fully saturated rings. The van der Waals surface area contributed by atoms with E-state index in [4.69, 9.17) is 4.74 Å². The van der Waals surface area contributed by atoms with E-state index in [1.807, 2.05) is 30.3 Å². The van der Waals surface area contributed by atoms with Gasteiger partial charge in [0, 0.05) is 11.5 Å². The zero-order chi connectivity index (χ0) is 23.1. The Morgan fingerprint density at radius 1 is 0.875 bits per heavy atom. The lowest BCUT2D eigenvalue weighted by atomic mass is 9.93. The SMILES string of the molecule is CC(Cc1cccc(OC(F)(F)C(F)F)c1)C(=O)c1ccc(OCc2ccccc2)cc1. The highest BCUT2D eigenvalue weighted by Crippen LogP contribution is 2.28. The van der Waals surface area contributed by atoms with Crippen molar-refractivity contribution in [2.24, 2.45) is 5.92 Å². The summed E-state index contributed by atoms with van der Waals surface area (Å²) in [6.45, 7) is 2.12. The third-order valence-corrected chi connectivity index (χ3v) is 4.78. The van der Waals surface area contributed by atoms with Crippen LogP contribution >= 0.6 is 0 Å². The first kappa shape index (κ1) is 23.3. The zero-order valence-electron chi connectivity index (χ0n) is 17.3. The number of carbonyl (C=O) groups excluding carboxylic acids is 1. The van der Waals surface area contributed by atoms with E-state index < -0.39 is 18.5 Å². The first-order valence-electron chi connectivity index (χ1n) is 9.99. The predicted octanol–water partition coefficient (Wildman–Crippen LogP) is 6.56. The van der Waals surface area contributed by atoms with Crippen molar-refractivity contribution in [1.82, 2.24) is 0 Å². The standard InChI is InChI=1S/C25H22F4O3/c1-17(14-19-8-5-9-22(15-19)32-25(28,29)24(26)27)23(30)20-10-12-21(13-11-20)31-16-18-6-3-2-4-7-18/h2-13,15,17,24H,14,16H2,1H3. The van der Waals surface area contributed by atoms with Crippen molar-refractivity contribution in [2.75, 3.05) is 0 Å². The molecule has 0 aliphatic carbocycles. The van der Waals surface area contributed by atoms with Crippen LogP contribution in [0.15, 0.2) is 78.9 Å². The molecule has 0 aliphatic rings.